The highest BCUT2D eigenvalue weighted by Gasteiger charge is 2.37. The summed E-state index contributed by atoms with van der Waals surface area (Å²) in [4.78, 5) is 13.4. The SMILES string of the molecule is O=C(NCC[C@H]1CN(S(=O)(=O)c2cccc(C(F)(F)F)c2)c2cc(-c3cc(F)ccc3F)ccc2O1)N1CCCC1. The van der Waals surface area contributed by atoms with Crippen molar-refractivity contribution in [3.05, 3.63) is 77.9 Å². The maximum absolute atomic E-state index is 14.5. The average molecular weight is 596 g/mol. The number of benzene rings is 3. The largest absolute Gasteiger partial charge is 0.486 e. The number of sulfonamides is 1. The van der Waals surface area contributed by atoms with Crippen LogP contribution in [0.25, 0.3) is 11.1 Å². The number of hydrogen-bond donors (Lipinski definition) is 1. The van der Waals surface area contributed by atoms with Gasteiger partial charge in [0.05, 0.1) is 22.7 Å². The summed E-state index contributed by atoms with van der Waals surface area (Å²) in [6, 6.07) is 10.1. The van der Waals surface area contributed by atoms with Gasteiger partial charge in [0.15, 0.2) is 0 Å². The zero-order valence-electron chi connectivity index (χ0n) is 21.6. The number of urea groups is 1. The first-order valence-corrected chi connectivity index (χ1v) is 14.4. The molecule has 3 aromatic carbocycles. The van der Waals surface area contributed by atoms with E-state index in [4.69, 9.17) is 4.74 Å². The summed E-state index contributed by atoms with van der Waals surface area (Å²) < 4.78 is 103. The Morgan fingerprint density at radius 2 is 1.76 bits per heavy atom. The molecule has 218 valence electrons. The Bertz CT molecular complexity index is 1560. The van der Waals surface area contributed by atoms with E-state index in [2.05, 4.69) is 5.32 Å². The van der Waals surface area contributed by atoms with Crippen molar-refractivity contribution in [1.29, 1.82) is 0 Å². The van der Waals surface area contributed by atoms with Gasteiger partial charge >= 0.3 is 12.2 Å². The molecule has 0 spiro atoms. The van der Waals surface area contributed by atoms with Crippen molar-refractivity contribution in [2.24, 2.45) is 0 Å². The molecule has 0 unspecified atom stereocenters. The van der Waals surface area contributed by atoms with E-state index in [-0.39, 0.29) is 48.1 Å². The van der Waals surface area contributed by atoms with Crippen LogP contribution in [0.15, 0.2) is 65.6 Å². The molecule has 1 N–H and O–H groups in total. The molecule has 3 aromatic rings. The van der Waals surface area contributed by atoms with Crippen LogP contribution in [0.2, 0.25) is 0 Å². The van der Waals surface area contributed by atoms with E-state index in [9.17, 15) is 35.2 Å². The Kier molecular flexibility index (Phi) is 7.82. The summed E-state index contributed by atoms with van der Waals surface area (Å²) in [5, 5.41) is 2.78. The number of alkyl halides is 3. The molecule has 41 heavy (non-hydrogen) atoms. The minimum Gasteiger partial charge on any atom is -0.486 e. The molecule has 1 fully saturated rings. The van der Waals surface area contributed by atoms with Crippen LogP contribution in [0.5, 0.6) is 5.75 Å². The van der Waals surface area contributed by atoms with Crippen LogP contribution in [0.4, 0.5) is 32.4 Å². The average Bonchev–Trinajstić information content (AvgIpc) is 3.49. The zero-order valence-corrected chi connectivity index (χ0v) is 22.4. The van der Waals surface area contributed by atoms with Gasteiger partial charge in [-0.25, -0.2) is 22.0 Å². The summed E-state index contributed by atoms with van der Waals surface area (Å²) in [6.45, 7) is 1.17. The molecule has 0 aliphatic carbocycles. The number of likely N-dealkylation sites (tertiary alicyclic amines) is 1. The van der Waals surface area contributed by atoms with Gasteiger partial charge in [-0.05, 0) is 66.9 Å². The van der Waals surface area contributed by atoms with Gasteiger partial charge in [0.25, 0.3) is 10.0 Å². The standard InChI is InChI=1S/C28H26F5N3O4S/c29-20-7-8-24(30)23(16-20)18-6-9-26-25(14-18)36(41(38,39)22-5-3-4-19(15-22)28(31,32)33)17-21(40-26)10-11-34-27(37)35-12-1-2-13-35/h3-9,14-16,21H,1-2,10-13,17H2,(H,34,37)/t21-/m0/s1. The number of fused-ring (bicyclic) bond motifs is 1. The molecule has 2 aliphatic rings. The van der Waals surface area contributed by atoms with Crippen LogP contribution in [0.1, 0.15) is 24.8 Å². The maximum Gasteiger partial charge on any atom is 0.416 e. The smallest absolute Gasteiger partial charge is 0.416 e. The number of carbonyl (C=O) groups excluding carboxylic acids is 1. The van der Waals surface area contributed by atoms with Crippen molar-refractivity contribution < 1.29 is 39.9 Å². The molecule has 2 aliphatic heterocycles. The van der Waals surface area contributed by atoms with Crippen molar-refractivity contribution in [2.75, 3.05) is 30.5 Å². The van der Waals surface area contributed by atoms with Crippen LogP contribution in [-0.2, 0) is 16.2 Å². The fourth-order valence-electron chi connectivity index (χ4n) is 4.91. The highest BCUT2D eigenvalue weighted by atomic mass is 32.2. The number of hydrogen-bond acceptors (Lipinski definition) is 4. The second kappa shape index (κ2) is 11.2. The van der Waals surface area contributed by atoms with Gasteiger partial charge in [-0.2, -0.15) is 13.2 Å². The number of ether oxygens (including phenoxy) is 1. The van der Waals surface area contributed by atoms with Crippen LogP contribution in [-0.4, -0.2) is 51.6 Å². The molecular weight excluding hydrogens is 569 g/mol. The summed E-state index contributed by atoms with van der Waals surface area (Å²) in [7, 11) is -4.57. The molecular formula is C28H26F5N3O4S. The fraction of sp³-hybridized carbons (Fsp3) is 0.321. The molecule has 7 nitrogen and oxygen atoms in total. The van der Waals surface area contributed by atoms with Crippen molar-refractivity contribution in [1.82, 2.24) is 10.2 Å². The van der Waals surface area contributed by atoms with E-state index in [1.807, 2.05) is 0 Å². The highest BCUT2D eigenvalue weighted by Crippen LogP contribution is 2.41. The first-order chi connectivity index (χ1) is 19.4. The van der Waals surface area contributed by atoms with Gasteiger partial charge in [-0.1, -0.05) is 12.1 Å². The quantitative estimate of drug-likeness (QED) is 0.366. The summed E-state index contributed by atoms with van der Waals surface area (Å²) >= 11 is 0. The van der Waals surface area contributed by atoms with Crippen LogP contribution in [0.3, 0.4) is 0 Å². The first-order valence-electron chi connectivity index (χ1n) is 12.9. The van der Waals surface area contributed by atoms with E-state index < -0.39 is 44.4 Å². The molecule has 13 heteroatoms. The van der Waals surface area contributed by atoms with Crippen LogP contribution < -0.4 is 14.4 Å². The number of nitrogens with one attached hydrogen (secondary N) is 1. The molecule has 0 radical (unpaired) electrons. The Morgan fingerprint density at radius 1 is 1.00 bits per heavy atom. The van der Waals surface area contributed by atoms with E-state index in [1.165, 1.54) is 18.2 Å². The third-order valence-electron chi connectivity index (χ3n) is 7.02. The topological polar surface area (TPSA) is 79.0 Å². The summed E-state index contributed by atoms with van der Waals surface area (Å²) in [6.07, 6.45) is -3.50. The van der Waals surface area contributed by atoms with E-state index >= 15 is 0 Å². The Hall–Kier alpha value is -3.87. The molecule has 2 amide bonds. The predicted molar refractivity (Wildman–Crippen MR) is 141 cm³/mol. The number of halogens is 5. The van der Waals surface area contributed by atoms with Crippen LogP contribution in [0, 0.1) is 11.6 Å². The first kappa shape index (κ1) is 28.7. The van der Waals surface area contributed by atoms with Gasteiger partial charge in [0, 0.05) is 31.6 Å². The lowest BCUT2D eigenvalue weighted by Gasteiger charge is -2.36. The van der Waals surface area contributed by atoms with Gasteiger partial charge < -0.3 is 15.0 Å². The minimum atomic E-state index is -4.77. The fourth-order valence-corrected chi connectivity index (χ4v) is 6.45. The lowest BCUT2D eigenvalue weighted by Crippen LogP contribution is -2.45. The van der Waals surface area contributed by atoms with Gasteiger partial charge in [0.1, 0.15) is 23.5 Å². The number of carbonyl (C=O) groups is 1. The molecule has 0 aromatic heterocycles. The molecule has 1 atom stereocenters. The van der Waals surface area contributed by atoms with Gasteiger partial charge in [-0.3, -0.25) is 4.31 Å². The van der Waals surface area contributed by atoms with Crippen molar-refractivity contribution in [2.45, 2.75) is 36.4 Å². The zero-order chi connectivity index (χ0) is 29.4. The lowest BCUT2D eigenvalue weighted by atomic mass is 10.0. The molecule has 0 bridgehead atoms. The Balaban J connectivity index is 1.49. The minimum absolute atomic E-state index is 0.0408. The van der Waals surface area contributed by atoms with Crippen LogP contribution >= 0.6 is 0 Å². The second-order valence-electron chi connectivity index (χ2n) is 9.82. The third-order valence-corrected chi connectivity index (χ3v) is 8.79. The number of anilines is 1. The molecule has 5 rings (SSSR count). The summed E-state index contributed by atoms with van der Waals surface area (Å²) in [5.74, 6) is -1.37. The van der Waals surface area contributed by atoms with Gasteiger partial charge in [0.2, 0.25) is 0 Å². The van der Waals surface area contributed by atoms with Gasteiger partial charge in [-0.15, -0.1) is 0 Å². The summed E-state index contributed by atoms with van der Waals surface area (Å²) in [5.41, 5.74) is -1.16. The van der Waals surface area contributed by atoms with Crippen molar-refractivity contribution in [3.8, 4) is 16.9 Å². The van der Waals surface area contributed by atoms with E-state index in [1.54, 1.807) is 4.90 Å². The maximum atomic E-state index is 14.5. The van der Waals surface area contributed by atoms with E-state index in [0.29, 0.717) is 19.2 Å². The Labute approximate surface area is 233 Å². The lowest BCUT2D eigenvalue weighted by molar-refractivity contribution is -0.137. The monoisotopic (exact) mass is 595 g/mol. The highest BCUT2D eigenvalue weighted by molar-refractivity contribution is 7.92. The second-order valence-corrected chi connectivity index (χ2v) is 11.7. The third kappa shape index (κ3) is 6.09. The molecule has 2 heterocycles. The Morgan fingerprint density at radius 3 is 2.49 bits per heavy atom. The number of nitrogens with zero attached hydrogens (tertiary/aromatic N) is 2. The molecule has 0 saturated carbocycles. The normalized spacial score (nSPS) is 17.2. The van der Waals surface area contributed by atoms with Crippen molar-refractivity contribution in [3.63, 3.8) is 0 Å². The predicted octanol–water partition coefficient (Wildman–Crippen LogP) is 5.80. The number of rotatable bonds is 6. The van der Waals surface area contributed by atoms with E-state index in [0.717, 1.165) is 53.5 Å². The molecule has 1 saturated heterocycles. The number of amides is 2. The van der Waals surface area contributed by atoms with Crippen molar-refractivity contribution >= 4 is 21.7 Å².